The Morgan fingerprint density at radius 2 is 1.35 bits per heavy atom. The van der Waals surface area contributed by atoms with Crippen LogP contribution in [0.5, 0.6) is 0 Å². The average Bonchev–Trinajstić information content (AvgIpc) is 2.80. The van der Waals surface area contributed by atoms with Crippen LogP contribution in [0.3, 0.4) is 0 Å². The lowest BCUT2D eigenvalue weighted by atomic mass is 10.0. The zero-order chi connectivity index (χ0) is 21.7. The van der Waals surface area contributed by atoms with E-state index in [4.69, 9.17) is 0 Å². The molecule has 0 atom stereocenters. The summed E-state index contributed by atoms with van der Waals surface area (Å²) < 4.78 is 0. The molecule has 0 amide bonds. The Hall–Kier alpha value is -3.60. The summed E-state index contributed by atoms with van der Waals surface area (Å²) in [4.78, 5) is 35.8. The van der Waals surface area contributed by atoms with Crippen molar-refractivity contribution in [2.45, 2.75) is 27.2 Å². The van der Waals surface area contributed by atoms with Gasteiger partial charge in [-0.25, -0.2) is 0 Å². The summed E-state index contributed by atoms with van der Waals surface area (Å²) >= 11 is 0. The number of aromatic nitrogens is 2. The summed E-state index contributed by atoms with van der Waals surface area (Å²) in [6.45, 7) is 8.03. The summed E-state index contributed by atoms with van der Waals surface area (Å²) in [5.74, 6) is 0. The van der Waals surface area contributed by atoms with Gasteiger partial charge in [-0.05, 0) is 62.2 Å². The van der Waals surface area contributed by atoms with Crippen LogP contribution in [0.4, 0.5) is 5.69 Å². The monoisotopic (exact) mass is 411 g/mol. The summed E-state index contributed by atoms with van der Waals surface area (Å²) in [6, 6.07) is 15.3. The van der Waals surface area contributed by atoms with Crippen LogP contribution in [0.2, 0.25) is 0 Å². The highest BCUT2D eigenvalue weighted by molar-refractivity contribution is 6.04. The summed E-state index contributed by atoms with van der Waals surface area (Å²) in [5.41, 5.74) is 5.09. The van der Waals surface area contributed by atoms with Crippen molar-refractivity contribution in [3.8, 4) is 0 Å². The number of nitrogens with one attached hydrogen (secondary N) is 2. The molecule has 0 fully saturated rings. The van der Waals surface area contributed by atoms with Crippen molar-refractivity contribution in [1.29, 1.82) is 0 Å². The lowest BCUT2D eigenvalue weighted by Gasteiger charge is -2.23. The van der Waals surface area contributed by atoms with Crippen LogP contribution in [0.15, 0.2) is 58.1 Å². The predicted molar refractivity (Wildman–Crippen MR) is 131 cm³/mol. The molecule has 2 heterocycles. The molecular formula is C26H25N3O2. The molecular weight excluding hydrogens is 386 g/mol. The number of H-pyrrole nitrogens is 2. The predicted octanol–water partition coefficient (Wildman–Crippen LogP) is 5.08. The second kappa shape index (κ2) is 7.27. The Morgan fingerprint density at radius 3 is 2.03 bits per heavy atom. The van der Waals surface area contributed by atoms with Gasteiger partial charge in [0.15, 0.2) is 10.9 Å². The van der Waals surface area contributed by atoms with Crippen molar-refractivity contribution in [3.63, 3.8) is 0 Å². The van der Waals surface area contributed by atoms with Gasteiger partial charge in [0.05, 0.1) is 22.2 Å². The van der Waals surface area contributed by atoms with E-state index in [1.807, 2.05) is 42.5 Å². The molecule has 5 heteroatoms. The number of para-hydroxylation sites is 1. The smallest absolute Gasteiger partial charge is 0.197 e. The van der Waals surface area contributed by atoms with Gasteiger partial charge in [-0.1, -0.05) is 19.1 Å². The van der Waals surface area contributed by atoms with E-state index < -0.39 is 0 Å². The van der Waals surface area contributed by atoms with Gasteiger partial charge in [-0.3, -0.25) is 9.59 Å². The molecule has 31 heavy (non-hydrogen) atoms. The largest absolute Gasteiger partial charge is 0.370 e. The first-order chi connectivity index (χ1) is 15.0. The maximum Gasteiger partial charge on any atom is 0.197 e. The van der Waals surface area contributed by atoms with Gasteiger partial charge >= 0.3 is 0 Å². The number of hydrogen-bond donors (Lipinski definition) is 2. The minimum absolute atomic E-state index is 0.0108. The number of nitrogens with zero attached hydrogens (tertiary/aromatic N) is 1. The third-order valence-corrected chi connectivity index (χ3v) is 6.28. The third-order valence-electron chi connectivity index (χ3n) is 6.28. The molecule has 0 aliphatic carbocycles. The van der Waals surface area contributed by atoms with Crippen LogP contribution in [0, 0.1) is 0 Å². The van der Waals surface area contributed by atoms with E-state index >= 15 is 0 Å². The summed E-state index contributed by atoms with van der Waals surface area (Å²) in [5, 5.41) is 2.51. The van der Waals surface area contributed by atoms with Gasteiger partial charge in [0.2, 0.25) is 0 Å². The van der Waals surface area contributed by atoms with Gasteiger partial charge in [-0.2, -0.15) is 0 Å². The highest BCUT2D eigenvalue weighted by Gasteiger charge is 2.15. The highest BCUT2D eigenvalue weighted by atomic mass is 16.1. The quantitative estimate of drug-likeness (QED) is 0.405. The maximum absolute atomic E-state index is 13.6. The number of aromatic amines is 2. The molecule has 0 saturated heterocycles. The standard InChI is InChI=1S/C26H25N3O2/c1-4-15-11-19-24(23(12-15)29(5-2)6-3)28-22-14-17-21(13-18(22)26(19)31)27-20-10-8-7-9-16(20)25(17)30/h7-14H,4-6H2,1-3H3,(H,27,30)(H,28,31). The van der Waals surface area contributed by atoms with E-state index in [2.05, 4.69) is 41.7 Å². The van der Waals surface area contributed by atoms with Gasteiger partial charge < -0.3 is 14.9 Å². The molecule has 5 aromatic rings. The molecule has 5 nitrogen and oxygen atoms in total. The van der Waals surface area contributed by atoms with Gasteiger partial charge in [0, 0.05) is 40.2 Å². The van der Waals surface area contributed by atoms with Crippen molar-refractivity contribution in [2.24, 2.45) is 0 Å². The van der Waals surface area contributed by atoms with Crippen molar-refractivity contribution in [2.75, 3.05) is 18.0 Å². The molecule has 0 radical (unpaired) electrons. The SMILES string of the molecule is CCc1cc(N(CC)CC)c2[nH]c3cc4c(=O)c5ccccc5[nH]c4cc3c(=O)c2c1. The molecule has 2 aromatic heterocycles. The number of aryl methyl sites for hydroxylation is 1. The second-order valence-electron chi connectivity index (χ2n) is 7.96. The molecule has 2 N–H and O–H groups in total. The summed E-state index contributed by atoms with van der Waals surface area (Å²) in [6.07, 6.45) is 0.860. The third kappa shape index (κ3) is 2.92. The lowest BCUT2D eigenvalue weighted by molar-refractivity contribution is 0.867. The molecule has 0 aliphatic heterocycles. The Balaban J connectivity index is 1.94. The van der Waals surface area contributed by atoms with Gasteiger partial charge in [-0.15, -0.1) is 0 Å². The van der Waals surface area contributed by atoms with Crippen LogP contribution in [0.25, 0.3) is 43.6 Å². The minimum Gasteiger partial charge on any atom is -0.370 e. The first-order valence-electron chi connectivity index (χ1n) is 10.9. The van der Waals surface area contributed by atoms with Crippen LogP contribution in [0.1, 0.15) is 26.3 Å². The first-order valence-corrected chi connectivity index (χ1v) is 10.9. The van der Waals surface area contributed by atoms with E-state index in [1.54, 1.807) is 0 Å². The van der Waals surface area contributed by atoms with E-state index in [0.29, 0.717) is 32.6 Å². The van der Waals surface area contributed by atoms with Gasteiger partial charge in [0.25, 0.3) is 0 Å². The van der Waals surface area contributed by atoms with Crippen LogP contribution in [-0.4, -0.2) is 23.1 Å². The maximum atomic E-state index is 13.6. The molecule has 3 aromatic carbocycles. The molecule has 0 spiro atoms. The van der Waals surface area contributed by atoms with Crippen molar-refractivity contribution >= 4 is 49.3 Å². The molecule has 156 valence electrons. The van der Waals surface area contributed by atoms with E-state index in [-0.39, 0.29) is 10.9 Å². The van der Waals surface area contributed by atoms with Crippen molar-refractivity contribution in [1.82, 2.24) is 9.97 Å². The van der Waals surface area contributed by atoms with Crippen LogP contribution >= 0.6 is 0 Å². The number of rotatable bonds is 4. The second-order valence-corrected chi connectivity index (χ2v) is 7.96. The minimum atomic E-state index is -0.0301. The number of hydrogen-bond acceptors (Lipinski definition) is 3. The lowest BCUT2D eigenvalue weighted by Crippen LogP contribution is -2.23. The molecule has 0 bridgehead atoms. The Morgan fingerprint density at radius 1 is 0.710 bits per heavy atom. The molecule has 0 unspecified atom stereocenters. The molecule has 5 rings (SSSR count). The number of pyridine rings is 2. The Kier molecular flexibility index (Phi) is 4.54. The summed E-state index contributed by atoms with van der Waals surface area (Å²) in [7, 11) is 0. The zero-order valence-electron chi connectivity index (χ0n) is 18.0. The zero-order valence-corrected chi connectivity index (χ0v) is 18.0. The Bertz CT molecular complexity index is 1590. The topological polar surface area (TPSA) is 69.0 Å². The van der Waals surface area contributed by atoms with Crippen molar-refractivity contribution in [3.05, 3.63) is 74.5 Å². The van der Waals surface area contributed by atoms with Gasteiger partial charge in [0.1, 0.15) is 0 Å². The molecule has 0 aliphatic rings. The first kappa shape index (κ1) is 19.4. The fraction of sp³-hybridized carbons (Fsp3) is 0.231. The molecule has 0 saturated carbocycles. The van der Waals surface area contributed by atoms with E-state index in [1.165, 1.54) is 0 Å². The number of benzene rings is 3. The van der Waals surface area contributed by atoms with E-state index in [0.717, 1.165) is 41.8 Å². The highest BCUT2D eigenvalue weighted by Crippen LogP contribution is 2.29. The number of fused-ring (bicyclic) bond motifs is 4. The van der Waals surface area contributed by atoms with Crippen molar-refractivity contribution < 1.29 is 0 Å². The van der Waals surface area contributed by atoms with Crippen LogP contribution < -0.4 is 15.8 Å². The Labute approximate surface area is 179 Å². The van der Waals surface area contributed by atoms with E-state index in [9.17, 15) is 9.59 Å². The fourth-order valence-electron chi connectivity index (χ4n) is 4.56. The fourth-order valence-corrected chi connectivity index (χ4v) is 4.56. The van der Waals surface area contributed by atoms with Crippen LogP contribution in [-0.2, 0) is 6.42 Å². The average molecular weight is 412 g/mol. The number of anilines is 1. The normalized spacial score (nSPS) is 11.7.